The summed E-state index contributed by atoms with van der Waals surface area (Å²) in [6.07, 6.45) is 6.89. The Bertz CT molecular complexity index is 556. The molecule has 0 fully saturated rings. The van der Waals surface area contributed by atoms with Gasteiger partial charge in [0.15, 0.2) is 0 Å². The summed E-state index contributed by atoms with van der Waals surface area (Å²) in [5, 5.41) is 4.52. The number of aromatic nitrogens is 3. The number of hydrogen-bond acceptors (Lipinski definition) is 4. The lowest BCUT2D eigenvalue weighted by molar-refractivity contribution is 0.780. The Kier molecular flexibility index (Phi) is 4.37. The topological polar surface area (TPSA) is 42.7 Å². The summed E-state index contributed by atoms with van der Waals surface area (Å²) < 4.78 is 2.06. The Labute approximate surface area is 118 Å². The summed E-state index contributed by atoms with van der Waals surface area (Å²) in [7, 11) is 0. The van der Waals surface area contributed by atoms with E-state index >= 15 is 0 Å². The van der Waals surface area contributed by atoms with Gasteiger partial charge in [0, 0.05) is 23.8 Å². The Balaban J connectivity index is 2.13. The fourth-order valence-electron chi connectivity index (χ4n) is 1.88. The average Bonchev–Trinajstić information content (AvgIpc) is 2.97. The molecule has 2 aromatic heterocycles. The van der Waals surface area contributed by atoms with Crippen LogP contribution < -0.4 is 5.32 Å². The molecule has 5 heteroatoms. The maximum atomic E-state index is 4.50. The van der Waals surface area contributed by atoms with Gasteiger partial charge in [0.1, 0.15) is 5.01 Å². The van der Waals surface area contributed by atoms with E-state index in [0.717, 1.165) is 29.6 Å². The maximum absolute atomic E-state index is 4.50. The number of hydrogen-bond donors (Lipinski definition) is 1. The number of nitrogens with one attached hydrogen (secondary N) is 1. The van der Waals surface area contributed by atoms with Gasteiger partial charge in [-0.25, -0.2) is 9.97 Å². The monoisotopic (exact) mass is 276 g/mol. The van der Waals surface area contributed by atoms with Gasteiger partial charge >= 0.3 is 0 Å². The van der Waals surface area contributed by atoms with Crippen LogP contribution in [-0.4, -0.2) is 14.5 Å². The molecule has 1 atom stereocenters. The lowest BCUT2D eigenvalue weighted by Crippen LogP contribution is -2.11. The van der Waals surface area contributed by atoms with E-state index < -0.39 is 0 Å². The van der Waals surface area contributed by atoms with Crippen LogP contribution in [0.3, 0.4) is 0 Å². The van der Waals surface area contributed by atoms with Crippen LogP contribution in [-0.2, 0) is 13.0 Å². The quantitative estimate of drug-likeness (QED) is 0.820. The van der Waals surface area contributed by atoms with Crippen molar-refractivity contribution in [3.05, 3.63) is 40.6 Å². The molecule has 0 saturated heterocycles. The first-order valence-electron chi connectivity index (χ1n) is 6.49. The molecular formula is C14H20N4S. The van der Waals surface area contributed by atoms with Crippen molar-refractivity contribution in [2.24, 2.45) is 0 Å². The predicted molar refractivity (Wildman–Crippen MR) is 80.7 cm³/mol. The summed E-state index contributed by atoms with van der Waals surface area (Å²) in [5.74, 6) is 0.873. The number of thiazole rings is 1. The molecule has 102 valence electrons. The molecule has 2 heterocycles. The molecule has 0 radical (unpaired) electrons. The molecule has 0 aromatic carbocycles. The zero-order chi connectivity index (χ0) is 13.8. The molecule has 1 N–H and O–H groups in total. The summed E-state index contributed by atoms with van der Waals surface area (Å²) in [4.78, 5) is 10.3. The Morgan fingerprint density at radius 1 is 1.58 bits per heavy atom. The molecule has 0 aliphatic heterocycles. The van der Waals surface area contributed by atoms with Gasteiger partial charge < -0.3 is 9.88 Å². The van der Waals surface area contributed by atoms with Crippen molar-refractivity contribution in [3.63, 3.8) is 0 Å². The van der Waals surface area contributed by atoms with E-state index in [1.807, 2.05) is 25.4 Å². The molecule has 0 saturated carbocycles. The summed E-state index contributed by atoms with van der Waals surface area (Å²) in [5.41, 5.74) is 1.00. The average molecular weight is 276 g/mol. The molecule has 1 unspecified atom stereocenters. The molecule has 0 spiro atoms. The maximum Gasteiger partial charge on any atom is 0.203 e. The third kappa shape index (κ3) is 3.23. The lowest BCUT2D eigenvalue weighted by Gasteiger charge is -2.13. The minimum Gasteiger partial charge on any atom is -0.347 e. The zero-order valence-electron chi connectivity index (χ0n) is 11.7. The van der Waals surface area contributed by atoms with Crippen LogP contribution in [0.1, 0.15) is 35.5 Å². The summed E-state index contributed by atoms with van der Waals surface area (Å²) in [6.45, 7) is 10.8. The fraction of sp³-hybridized carbons (Fsp3) is 0.429. The van der Waals surface area contributed by atoms with Gasteiger partial charge in [0.05, 0.1) is 11.7 Å². The van der Waals surface area contributed by atoms with Gasteiger partial charge in [-0.2, -0.15) is 0 Å². The number of nitrogens with zero attached hydrogens (tertiary/aromatic N) is 3. The smallest absolute Gasteiger partial charge is 0.203 e. The van der Waals surface area contributed by atoms with Crippen molar-refractivity contribution >= 4 is 17.3 Å². The second-order valence-electron chi connectivity index (χ2n) is 4.53. The first-order valence-corrected chi connectivity index (χ1v) is 7.31. The molecule has 0 aliphatic carbocycles. The summed E-state index contributed by atoms with van der Waals surface area (Å²) in [6, 6.07) is 0.163. The highest BCUT2D eigenvalue weighted by molar-refractivity contribution is 7.11. The van der Waals surface area contributed by atoms with Crippen LogP contribution in [0.25, 0.3) is 0 Å². The molecular weight excluding hydrogens is 256 g/mol. The fourth-order valence-corrected chi connectivity index (χ4v) is 2.74. The molecule has 2 rings (SSSR count). The largest absolute Gasteiger partial charge is 0.347 e. The van der Waals surface area contributed by atoms with Crippen molar-refractivity contribution in [1.82, 2.24) is 14.5 Å². The minimum atomic E-state index is 0.163. The van der Waals surface area contributed by atoms with Crippen LogP contribution in [0, 0.1) is 6.92 Å². The van der Waals surface area contributed by atoms with Gasteiger partial charge in [-0.3, -0.25) is 0 Å². The standard InChI is InChI=1S/C14H20N4S/c1-5-7-18-9-10(3)16-14(18)17-11(4)13-15-8-12(6-2)19-13/h5,8-9,11H,1,6-7H2,2-4H3,(H,16,17). The van der Waals surface area contributed by atoms with Crippen LogP contribution in [0.2, 0.25) is 0 Å². The van der Waals surface area contributed by atoms with Gasteiger partial charge in [0.25, 0.3) is 0 Å². The van der Waals surface area contributed by atoms with E-state index in [-0.39, 0.29) is 6.04 Å². The third-order valence-electron chi connectivity index (χ3n) is 2.86. The number of rotatable bonds is 6. The van der Waals surface area contributed by atoms with Gasteiger partial charge in [-0.05, 0) is 20.3 Å². The van der Waals surface area contributed by atoms with Gasteiger partial charge in [-0.1, -0.05) is 13.0 Å². The number of allylic oxidation sites excluding steroid dienone is 1. The van der Waals surface area contributed by atoms with Crippen molar-refractivity contribution in [2.75, 3.05) is 5.32 Å². The van der Waals surface area contributed by atoms with Crippen molar-refractivity contribution < 1.29 is 0 Å². The molecule has 19 heavy (non-hydrogen) atoms. The predicted octanol–water partition coefficient (Wildman–Crippen LogP) is 3.57. The Morgan fingerprint density at radius 2 is 2.37 bits per heavy atom. The zero-order valence-corrected chi connectivity index (χ0v) is 12.5. The van der Waals surface area contributed by atoms with E-state index in [2.05, 4.69) is 40.3 Å². The minimum absolute atomic E-state index is 0.163. The van der Waals surface area contributed by atoms with E-state index in [1.54, 1.807) is 11.3 Å². The van der Waals surface area contributed by atoms with Gasteiger partial charge in [0.2, 0.25) is 5.95 Å². The third-order valence-corrected chi connectivity index (χ3v) is 4.18. The molecule has 2 aromatic rings. The normalized spacial score (nSPS) is 12.4. The highest BCUT2D eigenvalue weighted by atomic mass is 32.1. The SMILES string of the molecule is C=CCn1cc(C)nc1NC(C)c1ncc(CC)s1. The highest BCUT2D eigenvalue weighted by Crippen LogP contribution is 2.23. The number of anilines is 1. The van der Waals surface area contributed by atoms with Crippen LogP contribution in [0.4, 0.5) is 5.95 Å². The van der Waals surface area contributed by atoms with E-state index in [4.69, 9.17) is 0 Å². The first kappa shape index (κ1) is 13.8. The Morgan fingerprint density at radius 3 is 3.00 bits per heavy atom. The molecule has 4 nitrogen and oxygen atoms in total. The van der Waals surface area contributed by atoms with Crippen molar-refractivity contribution in [2.45, 2.75) is 39.8 Å². The second kappa shape index (κ2) is 6.02. The van der Waals surface area contributed by atoms with E-state index in [9.17, 15) is 0 Å². The highest BCUT2D eigenvalue weighted by Gasteiger charge is 2.13. The van der Waals surface area contributed by atoms with Crippen LogP contribution in [0.15, 0.2) is 25.0 Å². The van der Waals surface area contributed by atoms with Gasteiger partial charge in [-0.15, -0.1) is 17.9 Å². The Hall–Kier alpha value is -1.62. The van der Waals surface area contributed by atoms with Crippen LogP contribution >= 0.6 is 11.3 Å². The lowest BCUT2D eigenvalue weighted by atomic mass is 10.3. The van der Waals surface area contributed by atoms with Crippen molar-refractivity contribution in [3.8, 4) is 0 Å². The first-order chi connectivity index (χ1) is 9.13. The summed E-state index contributed by atoms with van der Waals surface area (Å²) >= 11 is 1.76. The van der Waals surface area contributed by atoms with E-state index in [1.165, 1.54) is 4.88 Å². The second-order valence-corrected chi connectivity index (χ2v) is 5.68. The van der Waals surface area contributed by atoms with E-state index in [0.29, 0.717) is 0 Å². The number of aryl methyl sites for hydroxylation is 2. The number of imidazole rings is 1. The van der Waals surface area contributed by atoms with Crippen molar-refractivity contribution in [1.29, 1.82) is 0 Å². The molecule has 0 amide bonds. The van der Waals surface area contributed by atoms with Crippen LogP contribution in [0.5, 0.6) is 0 Å². The molecule has 0 aliphatic rings. The molecule has 0 bridgehead atoms.